The topological polar surface area (TPSA) is 83.6 Å². The van der Waals surface area contributed by atoms with Crippen LogP contribution in [0.4, 0.5) is 10.5 Å². The highest BCUT2D eigenvalue weighted by Crippen LogP contribution is 2.40. The van der Waals surface area contributed by atoms with Gasteiger partial charge in [-0.15, -0.1) is 0 Å². The van der Waals surface area contributed by atoms with Crippen LogP contribution in [0.1, 0.15) is 18.1 Å². The second-order valence-electron chi connectivity index (χ2n) is 7.15. The summed E-state index contributed by atoms with van der Waals surface area (Å²) in [6.45, 7) is 2.27. The number of pyridine rings is 1. The zero-order valence-electron chi connectivity index (χ0n) is 16.8. The molecule has 0 unspecified atom stereocenters. The molecule has 1 atom stereocenters. The van der Waals surface area contributed by atoms with Gasteiger partial charge in [0.05, 0.1) is 12.2 Å². The fourth-order valence-corrected chi connectivity index (χ4v) is 3.41. The zero-order valence-corrected chi connectivity index (χ0v) is 17.6. The van der Waals surface area contributed by atoms with E-state index >= 15 is 0 Å². The summed E-state index contributed by atoms with van der Waals surface area (Å²) in [5.41, 5.74) is 2.30. The lowest BCUT2D eigenvalue weighted by Crippen LogP contribution is -2.49. The summed E-state index contributed by atoms with van der Waals surface area (Å²) in [6, 6.07) is 15.1. The zero-order chi connectivity index (χ0) is 21.8. The van der Waals surface area contributed by atoms with E-state index < -0.39 is 12.1 Å². The highest BCUT2D eigenvalue weighted by atomic mass is 35.5. The Morgan fingerprint density at radius 3 is 2.71 bits per heavy atom. The standard InChI is InChI=1S/C23H21ClN4O3/c1-15(22(29)26-13-16-8-10-25-11-9-16)27-23(30)28-14-17-4-2-3-5-20(17)31-21-7-6-18(24)12-19(21)28/h2-12,15H,13-14H2,1H3,(H,26,29)(H,27,30)/t15-/m1/s1. The second kappa shape index (κ2) is 9.06. The molecule has 0 saturated carbocycles. The Balaban J connectivity index is 1.50. The molecule has 3 aromatic rings. The summed E-state index contributed by atoms with van der Waals surface area (Å²) >= 11 is 6.18. The number of urea groups is 1. The van der Waals surface area contributed by atoms with Gasteiger partial charge < -0.3 is 15.4 Å². The quantitative estimate of drug-likeness (QED) is 0.640. The lowest BCUT2D eigenvalue weighted by molar-refractivity contribution is -0.122. The van der Waals surface area contributed by atoms with Crippen molar-refractivity contribution in [1.29, 1.82) is 0 Å². The Hall–Kier alpha value is -3.58. The average molecular weight is 437 g/mol. The molecule has 1 aromatic heterocycles. The van der Waals surface area contributed by atoms with Gasteiger partial charge in [-0.05, 0) is 48.9 Å². The molecule has 0 fully saturated rings. The van der Waals surface area contributed by atoms with Crippen molar-refractivity contribution in [1.82, 2.24) is 15.6 Å². The van der Waals surface area contributed by atoms with Gasteiger partial charge in [-0.2, -0.15) is 0 Å². The smallest absolute Gasteiger partial charge is 0.322 e. The Bertz CT molecular complexity index is 1110. The van der Waals surface area contributed by atoms with Crippen molar-refractivity contribution in [3.05, 3.63) is 83.1 Å². The SMILES string of the molecule is C[C@@H](NC(=O)N1Cc2ccccc2Oc2ccc(Cl)cc21)C(=O)NCc1ccncc1. The number of hydrogen-bond acceptors (Lipinski definition) is 4. The lowest BCUT2D eigenvalue weighted by Gasteiger charge is -2.24. The molecule has 2 heterocycles. The van der Waals surface area contributed by atoms with Crippen LogP contribution in [-0.4, -0.2) is 23.0 Å². The van der Waals surface area contributed by atoms with E-state index in [0.717, 1.165) is 11.1 Å². The van der Waals surface area contributed by atoms with Crippen LogP contribution in [0.15, 0.2) is 67.0 Å². The molecule has 7 nitrogen and oxygen atoms in total. The highest BCUT2D eigenvalue weighted by molar-refractivity contribution is 6.31. The largest absolute Gasteiger partial charge is 0.455 e. The molecule has 2 aromatic carbocycles. The number of carbonyl (C=O) groups excluding carboxylic acids is 2. The van der Waals surface area contributed by atoms with Crippen molar-refractivity contribution < 1.29 is 14.3 Å². The number of amides is 3. The van der Waals surface area contributed by atoms with E-state index in [2.05, 4.69) is 15.6 Å². The van der Waals surface area contributed by atoms with E-state index in [-0.39, 0.29) is 12.5 Å². The van der Waals surface area contributed by atoms with E-state index in [0.29, 0.717) is 28.8 Å². The summed E-state index contributed by atoms with van der Waals surface area (Å²) in [6.07, 6.45) is 3.32. The first-order valence-electron chi connectivity index (χ1n) is 9.81. The molecular weight excluding hydrogens is 416 g/mol. The van der Waals surface area contributed by atoms with Crippen LogP contribution < -0.4 is 20.3 Å². The van der Waals surface area contributed by atoms with E-state index in [1.54, 1.807) is 37.5 Å². The molecule has 3 amide bonds. The minimum Gasteiger partial charge on any atom is -0.455 e. The minimum atomic E-state index is -0.739. The van der Waals surface area contributed by atoms with Gasteiger partial charge in [0.15, 0.2) is 5.75 Å². The van der Waals surface area contributed by atoms with Crippen LogP contribution in [0.3, 0.4) is 0 Å². The van der Waals surface area contributed by atoms with E-state index in [4.69, 9.17) is 16.3 Å². The summed E-state index contributed by atoms with van der Waals surface area (Å²) in [5.74, 6) is 0.895. The van der Waals surface area contributed by atoms with Crippen LogP contribution in [0.2, 0.25) is 5.02 Å². The van der Waals surface area contributed by atoms with Crippen molar-refractivity contribution in [3.63, 3.8) is 0 Å². The Kier molecular flexibility index (Phi) is 6.04. The minimum absolute atomic E-state index is 0.278. The van der Waals surface area contributed by atoms with Gasteiger partial charge >= 0.3 is 6.03 Å². The number of nitrogens with one attached hydrogen (secondary N) is 2. The number of halogens is 1. The fraction of sp³-hybridized carbons (Fsp3) is 0.174. The summed E-state index contributed by atoms with van der Waals surface area (Å²) in [4.78, 5) is 31.1. The van der Waals surface area contributed by atoms with Gasteiger partial charge in [-0.25, -0.2) is 4.79 Å². The average Bonchev–Trinajstić information content (AvgIpc) is 2.94. The fourth-order valence-electron chi connectivity index (χ4n) is 3.25. The maximum atomic E-state index is 13.2. The van der Waals surface area contributed by atoms with Gasteiger partial charge in [0.2, 0.25) is 5.91 Å². The first-order valence-corrected chi connectivity index (χ1v) is 10.2. The summed E-state index contributed by atoms with van der Waals surface area (Å²) < 4.78 is 6.01. The number of para-hydroxylation sites is 1. The molecule has 1 aliphatic heterocycles. The second-order valence-corrected chi connectivity index (χ2v) is 7.59. The molecule has 31 heavy (non-hydrogen) atoms. The van der Waals surface area contributed by atoms with Crippen molar-refractivity contribution in [2.45, 2.75) is 26.1 Å². The monoisotopic (exact) mass is 436 g/mol. The van der Waals surface area contributed by atoms with Gasteiger partial charge in [-0.1, -0.05) is 29.8 Å². The van der Waals surface area contributed by atoms with Crippen molar-refractivity contribution in [2.24, 2.45) is 0 Å². The van der Waals surface area contributed by atoms with Crippen LogP contribution in [-0.2, 0) is 17.9 Å². The third kappa shape index (κ3) is 4.78. The van der Waals surface area contributed by atoms with Gasteiger partial charge in [0, 0.05) is 29.5 Å². The van der Waals surface area contributed by atoms with Crippen LogP contribution in [0, 0.1) is 0 Å². The molecule has 0 radical (unpaired) electrons. The number of rotatable bonds is 4. The predicted molar refractivity (Wildman–Crippen MR) is 118 cm³/mol. The number of carbonyl (C=O) groups is 2. The molecule has 8 heteroatoms. The molecule has 4 rings (SSSR count). The first kappa shape index (κ1) is 20.7. The Labute approximate surface area is 185 Å². The molecule has 1 aliphatic rings. The van der Waals surface area contributed by atoms with E-state index in [1.165, 1.54) is 4.90 Å². The highest BCUT2D eigenvalue weighted by Gasteiger charge is 2.27. The number of aromatic nitrogens is 1. The number of anilines is 1. The predicted octanol–water partition coefficient (Wildman–Crippen LogP) is 4.26. The maximum absolute atomic E-state index is 13.2. The van der Waals surface area contributed by atoms with Gasteiger partial charge in [0.1, 0.15) is 11.8 Å². The summed E-state index contributed by atoms with van der Waals surface area (Å²) in [5, 5.41) is 6.07. The molecule has 0 bridgehead atoms. The Morgan fingerprint density at radius 1 is 1.13 bits per heavy atom. The van der Waals surface area contributed by atoms with Crippen LogP contribution in [0.25, 0.3) is 0 Å². The molecule has 0 aliphatic carbocycles. The number of hydrogen-bond donors (Lipinski definition) is 2. The number of nitrogens with zero attached hydrogens (tertiary/aromatic N) is 2. The summed E-state index contributed by atoms with van der Waals surface area (Å²) in [7, 11) is 0. The molecule has 0 saturated heterocycles. The van der Waals surface area contributed by atoms with E-state index in [9.17, 15) is 9.59 Å². The molecular formula is C23H21ClN4O3. The number of fused-ring (bicyclic) bond motifs is 2. The lowest BCUT2D eigenvalue weighted by atomic mass is 10.2. The van der Waals surface area contributed by atoms with Crippen molar-refractivity contribution in [2.75, 3.05) is 4.90 Å². The molecule has 2 N–H and O–H groups in total. The van der Waals surface area contributed by atoms with Gasteiger partial charge in [0.25, 0.3) is 0 Å². The van der Waals surface area contributed by atoms with E-state index in [1.807, 2.05) is 36.4 Å². The van der Waals surface area contributed by atoms with Crippen LogP contribution >= 0.6 is 11.6 Å². The molecule has 158 valence electrons. The van der Waals surface area contributed by atoms with Crippen molar-refractivity contribution in [3.8, 4) is 11.5 Å². The van der Waals surface area contributed by atoms with Crippen LogP contribution in [0.5, 0.6) is 11.5 Å². The first-order chi connectivity index (χ1) is 15.0. The normalized spacial score (nSPS) is 13.2. The maximum Gasteiger partial charge on any atom is 0.322 e. The third-order valence-electron chi connectivity index (χ3n) is 4.93. The number of benzene rings is 2. The van der Waals surface area contributed by atoms with Crippen molar-refractivity contribution >= 4 is 29.2 Å². The van der Waals surface area contributed by atoms with Gasteiger partial charge in [-0.3, -0.25) is 14.7 Å². The molecule has 0 spiro atoms. The third-order valence-corrected chi connectivity index (χ3v) is 5.16. The Morgan fingerprint density at radius 2 is 1.90 bits per heavy atom. The number of ether oxygens (including phenoxy) is 1.